The topological polar surface area (TPSA) is 24.9 Å². The van der Waals surface area contributed by atoms with Gasteiger partial charge in [-0.25, -0.2) is 0 Å². The molecule has 4 nitrogen and oxygen atoms in total. The lowest BCUT2D eigenvalue weighted by molar-refractivity contribution is -0.244. The van der Waals surface area contributed by atoms with E-state index in [1.165, 1.54) is 5.56 Å². The number of rotatable bonds is 3. The Morgan fingerprint density at radius 2 is 1.50 bits per heavy atom. The van der Waals surface area contributed by atoms with Gasteiger partial charge >= 0.3 is 0 Å². The van der Waals surface area contributed by atoms with E-state index < -0.39 is 0 Å². The minimum Gasteiger partial charge on any atom is -0.379 e. The molecule has 1 aromatic rings. The molecule has 2 atom stereocenters. The second kappa shape index (κ2) is 5.28. The molecule has 0 N–H and O–H groups in total. The third kappa shape index (κ3) is 1.88. The lowest BCUT2D eigenvalue weighted by atomic mass is 9.85. The first kappa shape index (κ1) is 16.5. The molecule has 1 aliphatic carbocycles. The zero-order valence-electron chi connectivity index (χ0n) is 15.6. The van der Waals surface area contributed by atoms with Crippen molar-refractivity contribution in [3.8, 4) is 0 Å². The second-order valence-electron chi connectivity index (χ2n) is 8.53. The average Bonchev–Trinajstić information content (AvgIpc) is 3.26. The van der Waals surface area contributed by atoms with Crippen LogP contribution in [-0.4, -0.2) is 54.5 Å². The smallest absolute Gasteiger partial charge is 0.0594 e. The number of piperidine rings is 1. The molecule has 132 valence electrons. The summed E-state index contributed by atoms with van der Waals surface area (Å²) in [4.78, 5) is 8.54. The average molecular weight is 330 g/mol. The fourth-order valence-electron chi connectivity index (χ4n) is 6.31. The van der Waals surface area contributed by atoms with Crippen molar-refractivity contribution in [2.45, 2.75) is 44.3 Å². The van der Waals surface area contributed by atoms with Crippen LogP contribution in [0.15, 0.2) is 30.3 Å². The monoisotopic (exact) mass is 330 g/mol. The van der Waals surface area contributed by atoms with Gasteiger partial charge in [-0.15, -0.1) is 0 Å². The fraction of sp³-hybridized carbons (Fsp3) is 0.700. The van der Waals surface area contributed by atoms with Crippen LogP contribution in [0, 0.1) is 11.8 Å². The van der Waals surface area contributed by atoms with Crippen LogP contribution >= 0.6 is 0 Å². The maximum Gasteiger partial charge on any atom is 0.0594 e. The molecule has 2 heterocycles. The maximum atomic E-state index is 5.85. The first-order chi connectivity index (χ1) is 11.4. The lowest BCUT2D eigenvalue weighted by Crippen LogP contribution is -2.59. The molecule has 4 rings (SSSR count). The zero-order chi connectivity index (χ0) is 17.2. The van der Waals surface area contributed by atoms with E-state index in [4.69, 9.17) is 9.57 Å². The van der Waals surface area contributed by atoms with Crippen molar-refractivity contribution in [2.24, 2.45) is 11.8 Å². The van der Waals surface area contributed by atoms with Crippen molar-refractivity contribution in [3.63, 3.8) is 0 Å². The summed E-state index contributed by atoms with van der Waals surface area (Å²) in [7, 11) is 1.81. The number of hydrogen-bond donors (Lipinski definition) is 0. The summed E-state index contributed by atoms with van der Waals surface area (Å²) in [6, 6.07) is 11.1. The van der Waals surface area contributed by atoms with Gasteiger partial charge in [0.1, 0.15) is 0 Å². The molecule has 1 aromatic carbocycles. The van der Waals surface area contributed by atoms with E-state index >= 15 is 0 Å². The summed E-state index contributed by atoms with van der Waals surface area (Å²) >= 11 is 0. The van der Waals surface area contributed by atoms with Gasteiger partial charge in [-0.1, -0.05) is 30.3 Å². The van der Waals surface area contributed by atoms with Gasteiger partial charge in [0.2, 0.25) is 0 Å². The van der Waals surface area contributed by atoms with Gasteiger partial charge in [0.15, 0.2) is 0 Å². The highest BCUT2D eigenvalue weighted by atomic mass is 16.7. The molecule has 4 heteroatoms. The van der Waals surface area contributed by atoms with Crippen molar-refractivity contribution >= 4 is 0 Å². The van der Waals surface area contributed by atoms with Gasteiger partial charge in [0.25, 0.3) is 0 Å². The van der Waals surface area contributed by atoms with Crippen molar-refractivity contribution in [2.75, 3.05) is 33.4 Å². The number of hydrogen-bond acceptors (Lipinski definition) is 4. The van der Waals surface area contributed by atoms with Crippen LogP contribution in [0.3, 0.4) is 0 Å². The Hall–Kier alpha value is -0.940. The third-order valence-corrected chi connectivity index (χ3v) is 6.69. The molecule has 2 saturated heterocycles. The predicted molar refractivity (Wildman–Crippen MR) is 94.5 cm³/mol. The maximum absolute atomic E-state index is 5.85. The molecule has 1 saturated carbocycles. The molecule has 0 amide bonds. The van der Waals surface area contributed by atoms with Crippen LogP contribution < -0.4 is 0 Å². The molecular weight excluding hydrogens is 300 g/mol. The highest BCUT2D eigenvalue weighted by molar-refractivity contribution is 5.44. The molecule has 0 radical (unpaired) electrons. The van der Waals surface area contributed by atoms with E-state index in [0.717, 1.165) is 26.3 Å². The molecule has 24 heavy (non-hydrogen) atoms. The number of ether oxygens (including phenoxy) is 1. The van der Waals surface area contributed by atoms with Crippen LogP contribution in [0.5, 0.6) is 0 Å². The lowest BCUT2D eigenvalue weighted by Gasteiger charge is -2.49. The summed E-state index contributed by atoms with van der Waals surface area (Å²) in [6.45, 7) is 13.1. The van der Waals surface area contributed by atoms with Crippen LogP contribution in [0.4, 0.5) is 0 Å². The van der Waals surface area contributed by atoms with Gasteiger partial charge in [0, 0.05) is 36.0 Å². The van der Waals surface area contributed by atoms with Gasteiger partial charge in [-0.05, 0) is 33.3 Å². The first-order valence-electron chi connectivity index (χ1n) is 9.12. The Morgan fingerprint density at radius 3 is 2.00 bits per heavy atom. The highest BCUT2D eigenvalue weighted by Gasteiger charge is 2.83. The number of fused-ring (bicyclic) bond motifs is 1. The van der Waals surface area contributed by atoms with Crippen molar-refractivity contribution in [1.29, 1.82) is 0 Å². The van der Waals surface area contributed by atoms with Gasteiger partial charge in [-0.3, -0.25) is 4.90 Å². The SMILES string of the molecule is CON1C(C)(C)C2C(C1(C)C)C2(c1ccccc1)N1CCOCC1. The number of nitrogens with zero attached hydrogens (tertiary/aromatic N) is 2. The second-order valence-corrected chi connectivity index (χ2v) is 8.53. The minimum atomic E-state index is -0.00291. The van der Waals surface area contributed by atoms with Gasteiger partial charge in [-0.2, -0.15) is 5.06 Å². The molecular formula is C20H30N2O2. The van der Waals surface area contributed by atoms with Crippen molar-refractivity contribution < 1.29 is 9.57 Å². The van der Waals surface area contributed by atoms with Gasteiger partial charge < -0.3 is 9.57 Å². The normalized spacial score (nSPS) is 38.0. The number of benzene rings is 1. The Bertz CT molecular complexity index is 585. The molecule has 2 unspecified atom stereocenters. The van der Waals surface area contributed by atoms with Crippen LogP contribution in [0.2, 0.25) is 0 Å². The highest BCUT2D eigenvalue weighted by Crippen LogP contribution is 2.76. The van der Waals surface area contributed by atoms with E-state index in [1.807, 2.05) is 7.11 Å². The number of hydroxylamine groups is 2. The Morgan fingerprint density at radius 1 is 0.958 bits per heavy atom. The molecule has 2 aliphatic heterocycles. The minimum absolute atomic E-state index is 0.00291. The summed E-state index contributed by atoms with van der Waals surface area (Å²) in [6.07, 6.45) is 0. The molecule has 0 aromatic heterocycles. The standard InChI is InChI=1S/C20H30N2O2/c1-18(2)16-17(19(3,4)22(18)23-5)20(16,15-9-7-6-8-10-15)21-11-13-24-14-12-21/h6-10,16-17H,11-14H2,1-5H3. The summed E-state index contributed by atoms with van der Waals surface area (Å²) in [5, 5.41) is 2.23. The summed E-state index contributed by atoms with van der Waals surface area (Å²) in [5.74, 6) is 1.11. The van der Waals surface area contributed by atoms with Crippen LogP contribution in [-0.2, 0) is 15.1 Å². The van der Waals surface area contributed by atoms with Crippen LogP contribution in [0.25, 0.3) is 0 Å². The number of morpholine rings is 1. The molecule has 0 bridgehead atoms. The van der Waals surface area contributed by atoms with E-state index in [0.29, 0.717) is 11.8 Å². The third-order valence-electron chi connectivity index (χ3n) is 6.69. The van der Waals surface area contributed by atoms with E-state index in [9.17, 15) is 0 Å². The van der Waals surface area contributed by atoms with Gasteiger partial charge in [0.05, 0.1) is 25.9 Å². The van der Waals surface area contributed by atoms with E-state index in [2.05, 4.69) is 68.0 Å². The zero-order valence-corrected chi connectivity index (χ0v) is 15.6. The molecule has 0 spiro atoms. The summed E-state index contributed by atoms with van der Waals surface area (Å²) in [5.41, 5.74) is 1.56. The van der Waals surface area contributed by atoms with E-state index in [1.54, 1.807) is 0 Å². The molecule has 3 aliphatic rings. The largest absolute Gasteiger partial charge is 0.379 e. The fourth-order valence-corrected chi connectivity index (χ4v) is 6.31. The molecule has 3 fully saturated rings. The van der Waals surface area contributed by atoms with Crippen LogP contribution in [0.1, 0.15) is 33.3 Å². The Balaban J connectivity index is 1.83. The summed E-state index contributed by atoms with van der Waals surface area (Å²) < 4.78 is 5.65. The predicted octanol–water partition coefficient (Wildman–Crippen LogP) is 2.89. The van der Waals surface area contributed by atoms with E-state index in [-0.39, 0.29) is 16.6 Å². The Labute approximate surface area is 145 Å². The van der Waals surface area contributed by atoms with Crippen molar-refractivity contribution in [3.05, 3.63) is 35.9 Å². The Kier molecular flexibility index (Phi) is 3.63. The first-order valence-corrected chi connectivity index (χ1v) is 9.12. The van der Waals surface area contributed by atoms with Crippen molar-refractivity contribution in [1.82, 2.24) is 9.96 Å². The quantitative estimate of drug-likeness (QED) is 0.851.